The van der Waals surface area contributed by atoms with Gasteiger partial charge in [-0.15, -0.1) is 0 Å². The van der Waals surface area contributed by atoms with Gasteiger partial charge < -0.3 is 10.1 Å². The van der Waals surface area contributed by atoms with Crippen molar-refractivity contribution in [1.82, 2.24) is 5.32 Å². The Morgan fingerprint density at radius 2 is 1.88 bits per heavy atom. The molecule has 0 spiro atoms. The minimum atomic E-state index is 0.317. The minimum Gasteiger partial charge on any atom is -0.380 e. The van der Waals surface area contributed by atoms with Crippen molar-refractivity contribution < 1.29 is 4.74 Å². The Balaban J connectivity index is 2.41. The SMILES string of the molecule is CCOCC(C)NCc1cc(Cl)cc(Cl)c1. The van der Waals surface area contributed by atoms with Crippen LogP contribution in [0.2, 0.25) is 10.0 Å². The van der Waals surface area contributed by atoms with Gasteiger partial charge in [0.2, 0.25) is 0 Å². The summed E-state index contributed by atoms with van der Waals surface area (Å²) in [5.41, 5.74) is 1.08. The minimum absolute atomic E-state index is 0.317. The third-order valence-electron chi connectivity index (χ3n) is 2.15. The molecule has 1 aromatic rings. The van der Waals surface area contributed by atoms with E-state index in [2.05, 4.69) is 12.2 Å². The lowest BCUT2D eigenvalue weighted by Crippen LogP contribution is -2.30. The number of ether oxygens (including phenoxy) is 1. The molecule has 0 amide bonds. The highest BCUT2D eigenvalue weighted by atomic mass is 35.5. The fourth-order valence-corrected chi connectivity index (χ4v) is 1.93. The van der Waals surface area contributed by atoms with Crippen LogP contribution in [-0.2, 0) is 11.3 Å². The predicted molar refractivity (Wildman–Crippen MR) is 69.3 cm³/mol. The highest BCUT2D eigenvalue weighted by molar-refractivity contribution is 6.34. The van der Waals surface area contributed by atoms with Crippen molar-refractivity contribution in [2.24, 2.45) is 0 Å². The van der Waals surface area contributed by atoms with E-state index in [1.165, 1.54) is 0 Å². The molecule has 0 saturated heterocycles. The van der Waals surface area contributed by atoms with Crippen LogP contribution in [-0.4, -0.2) is 19.3 Å². The van der Waals surface area contributed by atoms with Crippen molar-refractivity contribution in [3.8, 4) is 0 Å². The van der Waals surface area contributed by atoms with Crippen LogP contribution in [0.25, 0.3) is 0 Å². The molecule has 0 bridgehead atoms. The zero-order chi connectivity index (χ0) is 12.0. The quantitative estimate of drug-likeness (QED) is 0.847. The normalized spacial score (nSPS) is 12.8. The van der Waals surface area contributed by atoms with Gasteiger partial charge in [-0.1, -0.05) is 23.2 Å². The van der Waals surface area contributed by atoms with Crippen LogP contribution < -0.4 is 5.32 Å². The van der Waals surface area contributed by atoms with Gasteiger partial charge in [0, 0.05) is 29.2 Å². The fraction of sp³-hybridized carbons (Fsp3) is 0.500. The standard InChI is InChI=1S/C12H17Cl2NO/c1-3-16-8-9(2)15-7-10-4-11(13)6-12(14)5-10/h4-6,9,15H,3,7-8H2,1-2H3. The van der Waals surface area contributed by atoms with Crippen LogP contribution in [0, 0.1) is 0 Å². The van der Waals surface area contributed by atoms with Gasteiger partial charge in [-0.05, 0) is 37.6 Å². The van der Waals surface area contributed by atoms with Gasteiger partial charge in [0.15, 0.2) is 0 Å². The first kappa shape index (κ1) is 13.8. The van der Waals surface area contributed by atoms with Crippen molar-refractivity contribution in [3.05, 3.63) is 33.8 Å². The average molecular weight is 262 g/mol. The van der Waals surface area contributed by atoms with Crippen molar-refractivity contribution in [1.29, 1.82) is 0 Å². The second-order valence-electron chi connectivity index (χ2n) is 3.72. The first-order valence-corrected chi connectivity index (χ1v) is 6.13. The molecule has 90 valence electrons. The summed E-state index contributed by atoms with van der Waals surface area (Å²) in [5.74, 6) is 0. The molecule has 0 aliphatic rings. The van der Waals surface area contributed by atoms with E-state index in [-0.39, 0.29) is 0 Å². The van der Waals surface area contributed by atoms with Gasteiger partial charge >= 0.3 is 0 Å². The van der Waals surface area contributed by atoms with Crippen molar-refractivity contribution in [2.45, 2.75) is 26.4 Å². The molecule has 0 aromatic heterocycles. The Hall–Kier alpha value is -0.280. The second kappa shape index (κ2) is 7.13. The zero-order valence-electron chi connectivity index (χ0n) is 9.59. The molecule has 16 heavy (non-hydrogen) atoms. The first-order valence-electron chi connectivity index (χ1n) is 5.38. The lowest BCUT2D eigenvalue weighted by molar-refractivity contribution is 0.127. The zero-order valence-corrected chi connectivity index (χ0v) is 11.1. The van der Waals surface area contributed by atoms with Gasteiger partial charge in [-0.2, -0.15) is 0 Å². The highest BCUT2D eigenvalue weighted by Gasteiger charge is 2.02. The lowest BCUT2D eigenvalue weighted by Gasteiger charge is -2.13. The number of nitrogens with one attached hydrogen (secondary N) is 1. The monoisotopic (exact) mass is 261 g/mol. The topological polar surface area (TPSA) is 21.3 Å². The van der Waals surface area contributed by atoms with E-state index in [1.54, 1.807) is 6.07 Å². The maximum atomic E-state index is 5.91. The van der Waals surface area contributed by atoms with Gasteiger partial charge in [-0.3, -0.25) is 0 Å². The molecular weight excluding hydrogens is 245 g/mol. The highest BCUT2D eigenvalue weighted by Crippen LogP contribution is 2.18. The Morgan fingerprint density at radius 3 is 2.44 bits per heavy atom. The van der Waals surface area contributed by atoms with E-state index in [0.29, 0.717) is 22.7 Å². The summed E-state index contributed by atoms with van der Waals surface area (Å²) in [6, 6.07) is 5.87. The maximum Gasteiger partial charge on any atom is 0.0616 e. The van der Waals surface area contributed by atoms with E-state index in [9.17, 15) is 0 Å². The third kappa shape index (κ3) is 5.17. The number of rotatable bonds is 6. The molecule has 0 radical (unpaired) electrons. The van der Waals surface area contributed by atoms with Crippen molar-refractivity contribution in [3.63, 3.8) is 0 Å². The summed E-state index contributed by atoms with van der Waals surface area (Å²) in [6.45, 7) is 6.28. The molecule has 0 aliphatic heterocycles. The van der Waals surface area contributed by atoms with Crippen LogP contribution in [0.1, 0.15) is 19.4 Å². The van der Waals surface area contributed by atoms with Gasteiger partial charge in [0.05, 0.1) is 6.61 Å². The molecule has 0 aliphatic carbocycles. The maximum absolute atomic E-state index is 5.91. The molecule has 1 unspecified atom stereocenters. The largest absolute Gasteiger partial charge is 0.380 e. The summed E-state index contributed by atoms with van der Waals surface area (Å²) in [5, 5.41) is 4.68. The van der Waals surface area contributed by atoms with Crippen LogP contribution in [0.5, 0.6) is 0 Å². The Kier molecular flexibility index (Phi) is 6.14. The van der Waals surface area contributed by atoms with Crippen LogP contribution in [0.3, 0.4) is 0 Å². The molecule has 1 atom stereocenters. The smallest absolute Gasteiger partial charge is 0.0616 e. The molecule has 1 rings (SSSR count). The summed E-state index contributed by atoms with van der Waals surface area (Å²) >= 11 is 11.8. The number of benzene rings is 1. The third-order valence-corrected chi connectivity index (χ3v) is 2.59. The van der Waals surface area contributed by atoms with Crippen LogP contribution in [0.15, 0.2) is 18.2 Å². The van der Waals surface area contributed by atoms with E-state index < -0.39 is 0 Å². The van der Waals surface area contributed by atoms with E-state index in [1.807, 2.05) is 19.1 Å². The summed E-state index contributed by atoms with van der Waals surface area (Å²) in [7, 11) is 0. The molecule has 1 aromatic carbocycles. The van der Waals surface area contributed by atoms with Crippen molar-refractivity contribution >= 4 is 23.2 Å². The van der Waals surface area contributed by atoms with E-state index in [0.717, 1.165) is 18.7 Å². The molecule has 0 fully saturated rings. The van der Waals surface area contributed by atoms with Gasteiger partial charge in [0.1, 0.15) is 0 Å². The molecular formula is C12H17Cl2NO. The molecule has 0 saturated carbocycles. The molecule has 2 nitrogen and oxygen atoms in total. The number of hydrogen-bond donors (Lipinski definition) is 1. The molecule has 4 heteroatoms. The fourth-order valence-electron chi connectivity index (χ4n) is 1.36. The lowest BCUT2D eigenvalue weighted by atomic mass is 10.2. The Bertz CT molecular complexity index is 311. The number of hydrogen-bond acceptors (Lipinski definition) is 2. The molecule has 1 N–H and O–H groups in total. The summed E-state index contributed by atoms with van der Waals surface area (Å²) in [6.07, 6.45) is 0. The summed E-state index contributed by atoms with van der Waals surface area (Å²) in [4.78, 5) is 0. The Morgan fingerprint density at radius 1 is 1.25 bits per heavy atom. The predicted octanol–water partition coefficient (Wildman–Crippen LogP) is 3.51. The first-order chi connectivity index (χ1) is 7.61. The van der Waals surface area contributed by atoms with Gasteiger partial charge in [0.25, 0.3) is 0 Å². The van der Waals surface area contributed by atoms with Gasteiger partial charge in [-0.25, -0.2) is 0 Å². The average Bonchev–Trinajstić information content (AvgIpc) is 2.22. The second-order valence-corrected chi connectivity index (χ2v) is 4.59. The van der Waals surface area contributed by atoms with E-state index >= 15 is 0 Å². The summed E-state index contributed by atoms with van der Waals surface area (Å²) < 4.78 is 5.32. The van der Waals surface area contributed by atoms with Crippen LogP contribution in [0.4, 0.5) is 0 Å². The Labute approximate surface area is 107 Å². The molecule has 0 heterocycles. The number of halogens is 2. The van der Waals surface area contributed by atoms with Crippen LogP contribution >= 0.6 is 23.2 Å². The van der Waals surface area contributed by atoms with Crippen molar-refractivity contribution in [2.75, 3.05) is 13.2 Å². The van der Waals surface area contributed by atoms with E-state index in [4.69, 9.17) is 27.9 Å².